The van der Waals surface area contributed by atoms with E-state index in [1.807, 2.05) is 0 Å². The van der Waals surface area contributed by atoms with E-state index >= 15 is 0 Å². The van der Waals surface area contributed by atoms with E-state index in [9.17, 15) is 22.8 Å². The summed E-state index contributed by atoms with van der Waals surface area (Å²) < 4.78 is 41.5. The highest BCUT2D eigenvalue weighted by molar-refractivity contribution is 5.90. The van der Waals surface area contributed by atoms with Gasteiger partial charge in [0, 0.05) is 12.5 Å². The Morgan fingerprint density at radius 1 is 1.25 bits per heavy atom. The van der Waals surface area contributed by atoms with Crippen LogP contribution in [-0.2, 0) is 9.59 Å². The number of rotatable bonds is 4. The minimum atomic E-state index is -4.78. The Hall–Kier alpha value is -2.25. The molecule has 0 spiro atoms. The predicted molar refractivity (Wildman–Crippen MR) is 77.9 cm³/mol. The number of para-hydroxylation sites is 1. The fourth-order valence-corrected chi connectivity index (χ4v) is 3.36. The van der Waals surface area contributed by atoms with Crippen molar-refractivity contribution in [3.63, 3.8) is 0 Å². The number of halogens is 3. The van der Waals surface area contributed by atoms with Crippen molar-refractivity contribution in [1.29, 1.82) is 0 Å². The van der Waals surface area contributed by atoms with Crippen LogP contribution < -0.4 is 10.5 Å². The van der Waals surface area contributed by atoms with E-state index in [0.717, 1.165) is 0 Å². The SMILES string of the molecule is NC(=O)[C@H]1CCCN1C(=O)[C@@H]1C[C@H]1c1ccccc1OC(F)(F)F. The topological polar surface area (TPSA) is 72.6 Å². The number of hydrogen-bond acceptors (Lipinski definition) is 3. The van der Waals surface area contributed by atoms with Gasteiger partial charge in [-0.25, -0.2) is 0 Å². The van der Waals surface area contributed by atoms with E-state index < -0.39 is 24.2 Å². The molecule has 0 unspecified atom stereocenters. The summed E-state index contributed by atoms with van der Waals surface area (Å²) >= 11 is 0. The molecule has 2 N–H and O–H groups in total. The van der Waals surface area contributed by atoms with Gasteiger partial charge in [-0.15, -0.1) is 13.2 Å². The average Bonchev–Trinajstić information content (AvgIpc) is 3.12. The average molecular weight is 342 g/mol. The summed E-state index contributed by atoms with van der Waals surface area (Å²) in [6.45, 7) is 0.455. The van der Waals surface area contributed by atoms with Crippen molar-refractivity contribution in [3.05, 3.63) is 29.8 Å². The number of alkyl halides is 3. The fraction of sp³-hybridized carbons (Fsp3) is 0.500. The first-order valence-electron chi connectivity index (χ1n) is 7.72. The van der Waals surface area contributed by atoms with Crippen LogP contribution in [0, 0.1) is 5.92 Å². The molecule has 1 aromatic carbocycles. The molecule has 0 bridgehead atoms. The molecule has 3 atom stereocenters. The van der Waals surface area contributed by atoms with Gasteiger partial charge < -0.3 is 15.4 Å². The smallest absolute Gasteiger partial charge is 0.405 e. The minimum Gasteiger partial charge on any atom is -0.405 e. The zero-order valence-corrected chi connectivity index (χ0v) is 12.8. The lowest BCUT2D eigenvalue weighted by molar-refractivity contribution is -0.274. The summed E-state index contributed by atoms with van der Waals surface area (Å²) in [5, 5.41) is 0. The Bertz CT molecular complexity index is 662. The zero-order valence-electron chi connectivity index (χ0n) is 12.8. The lowest BCUT2D eigenvalue weighted by Crippen LogP contribution is -2.44. The van der Waals surface area contributed by atoms with Crippen LogP contribution in [0.3, 0.4) is 0 Å². The third-order valence-corrected chi connectivity index (χ3v) is 4.52. The number of nitrogens with zero attached hydrogens (tertiary/aromatic N) is 1. The molecule has 24 heavy (non-hydrogen) atoms. The van der Waals surface area contributed by atoms with Crippen molar-refractivity contribution in [3.8, 4) is 5.75 Å². The van der Waals surface area contributed by atoms with E-state index in [1.165, 1.54) is 23.1 Å². The van der Waals surface area contributed by atoms with Crippen molar-refractivity contribution in [1.82, 2.24) is 4.90 Å². The van der Waals surface area contributed by atoms with Gasteiger partial charge in [-0.05, 0) is 36.8 Å². The Balaban J connectivity index is 1.74. The summed E-state index contributed by atoms with van der Waals surface area (Å²) in [5.41, 5.74) is 5.67. The van der Waals surface area contributed by atoms with Crippen molar-refractivity contribution < 1.29 is 27.5 Å². The second kappa shape index (κ2) is 5.99. The molecule has 2 aliphatic rings. The lowest BCUT2D eigenvalue weighted by atomic mass is 10.1. The van der Waals surface area contributed by atoms with Crippen molar-refractivity contribution in [2.24, 2.45) is 11.7 Å². The molecule has 5 nitrogen and oxygen atoms in total. The second-order valence-electron chi connectivity index (χ2n) is 6.13. The first kappa shape index (κ1) is 16.6. The monoisotopic (exact) mass is 342 g/mol. The number of carbonyl (C=O) groups excluding carboxylic acids is 2. The maximum Gasteiger partial charge on any atom is 0.573 e. The summed E-state index contributed by atoms with van der Waals surface area (Å²) in [7, 11) is 0. The normalized spacial score (nSPS) is 26.3. The largest absolute Gasteiger partial charge is 0.573 e. The molecular formula is C16H17F3N2O3. The first-order valence-corrected chi connectivity index (χ1v) is 7.72. The summed E-state index contributed by atoms with van der Waals surface area (Å²) in [4.78, 5) is 25.4. The number of benzene rings is 1. The molecule has 130 valence electrons. The van der Waals surface area contributed by atoms with E-state index in [0.29, 0.717) is 31.4 Å². The van der Waals surface area contributed by atoms with E-state index in [-0.39, 0.29) is 17.6 Å². The van der Waals surface area contributed by atoms with Crippen molar-refractivity contribution >= 4 is 11.8 Å². The number of carbonyl (C=O) groups is 2. The Morgan fingerprint density at radius 3 is 2.62 bits per heavy atom. The molecule has 1 aromatic rings. The van der Waals surface area contributed by atoms with Crippen LogP contribution in [0.2, 0.25) is 0 Å². The molecule has 1 heterocycles. The first-order chi connectivity index (χ1) is 11.3. The Morgan fingerprint density at radius 2 is 1.96 bits per heavy atom. The molecule has 0 radical (unpaired) electrons. The van der Waals surface area contributed by atoms with Crippen LogP contribution in [0.5, 0.6) is 5.75 Å². The number of hydrogen-bond donors (Lipinski definition) is 1. The van der Waals surface area contributed by atoms with Crippen LogP contribution in [0.25, 0.3) is 0 Å². The molecule has 8 heteroatoms. The number of primary amides is 1. The summed E-state index contributed by atoms with van der Waals surface area (Å²) in [6, 6.07) is 5.23. The second-order valence-corrected chi connectivity index (χ2v) is 6.13. The van der Waals surface area contributed by atoms with Gasteiger partial charge in [0.15, 0.2) is 0 Å². The van der Waals surface area contributed by atoms with Gasteiger partial charge in [-0.3, -0.25) is 9.59 Å². The highest BCUT2D eigenvalue weighted by atomic mass is 19.4. The quantitative estimate of drug-likeness (QED) is 0.911. The predicted octanol–water partition coefficient (Wildman–Crippen LogP) is 2.17. The zero-order chi connectivity index (χ0) is 17.5. The third-order valence-electron chi connectivity index (χ3n) is 4.52. The van der Waals surface area contributed by atoms with Crippen LogP contribution in [0.15, 0.2) is 24.3 Å². The number of amides is 2. The van der Waals surface area contributed by atoms with Gasteiger partial charge in [0.2, 0.25) is 11.8 Å². The van der Waals surface area contributed by atoms with E-state index in [2.05, 4.69) is 4.74 Å². The summed E-state index contributed by atoms with van der Waals surface area (Å²) in [5.74, 6) is -1.80. The van der Waals surface area contributed by atoms with E-state index in [1.54, 1.807) is 6.07 Å². The fourth-order valence-electron chi connectivity index (χ4n) is 3.36. The molecule has 1 saturated carbocycles. The third kappa shape index (κ3) is 3.32. The maximum atomic E-state index is 12.6. The van der Waals surface area contributed by atoms with Crippen molar-refractivity contribution in [2.45, 2.75) is 37.6 Å². The molecule has 1 saturated heterocycles. The van der Waals surface area contributed by atoms with Gasteiger partial charge in [0.05, 0.1) is 0 Å². The van der Waals surface area contributed by atoms with Gasteiger partial charge >= 0.3 is 6.36 Å². The van der Waals surface area contributed by atoms with Crippen LogP contribution in [0.4, 0.5) is 13.2 Å². The molecule has 3 rings (SSSR count). The molecule has 1 aliphatic heterocycles. The highest BCUT2D eigenvalue weighted by Crippen LogP contribution is 2.52. The maximum absolute atomic E-state index is 12.6. The van der Waals surface area contributed by atoms with Gasteiger partial charge in [0.1, 0.15) is 11.8 Å². The molecule has 0 aromatic heterocycles. The molecule has 2 fully saturated rings. The summed E-state index contributed by atoms with van der Waals surface area (Å²) in [6.07, 6.45) is -3.10. The van der Waals surface area contributed by atoms with Gasteiger partial charge in [0.25, 0.3) is 0 Å². The Labute approximate surface area is 136 Å². The lowest BCUT2D eigenvalue weighted by Gasteiger charge is -2.22. The van der Waals surface area contributed by atoms with Gasteiger partial charge in [-0.1, -0.05) is 18.2 Å². The van der Waals surface area contributed by atoms with Gasteiger partial charge in [-0.2, -0.15) is 0 Å². The Kier molecular flexibility index (Phi) is 4.15. The number of ether oxygens (including phenoxy) is 1. The number of nitrogens with two attached hydrogens (primary N) is 1. The molecular weight excluding hydrogens is 325 g/mol. The minimum absolute atomic E-state index is 0.219. The van der Waals surface area contributed by atoms with Crippen LogP contribution in [0.1, 0.15) is 30.7 Å². The molecule has 2 amide bonds. The van der Waals surface area contributed by atoms with Crippen LogP contribution >= 0.6 is 0 Å². The van der Waals surface area contributed by atoms with Crippen LogP contribution in [-0.4, -0.2) is 35.7 Å². The van der Waals surface area contributed by atoms with Crippen molar-refractivity contribution in [2.75, 3.05) is 6.54 Å². The van der Waals surface area contributed by atoms with E-state index in [4.69, 9.17) is 5.73 Å². The number of likely N-dealkylation sites (tertiary alicyclic amines) is 1. The highest BCUT2D eigenvalue weighted by Gasteiger charge is 2.49. The standard InChI is InChI=1S/C16H17F3N2O3/c17-16(18,19)24-13-6-2-1-4-9(13)10-8-11(10)15(23)21-7-3-5-12(21)14(20)22/h1-2,4,6,10-12H,3,5,7-8H2,(H2,20,22)/t10-,11+,12+/m0/s1. The molecule has 1 aliphatic carbocycles.